The third kappa shape index (κ3) is 3.24. The van der Waals surface area contributed by atoms with Crippen molar-refractivity contribution < 1.29 is 8.42 Å². The van der Waals surface area contributed by atoms with Crippen LogP contribution in [0.25, 0.3) is 0 Å². The normalized spacial score (nSPS) is 27.3. The Morgan fingerprint density at radius 2 is 2.00 bits per heavy atom. The van der Waals surface area contributed by atoms with Crippen molar-refractivity contribution in [3.8, 4) is 0 Å². The number of hydrogen-bond acceptors (Lipinski definition) is 3. The Hall–Kier alpha value is -0.0900. The zero-order chi connectivity index (χ0) is 11.0. The van der Waals surface area contributed by atoms with Gasteiger partial charge in [0.05, 0.1) is 5.75 Å². The second-order valence-corrected chi connectivity index (χ2v) is 7.41. The van der Waals surface area contributed by atoms with E-state index >= 15 is 0 Å². The van der Waals surface area contributed by atoms with Crippen LogP contribution in [0, 0.1) is 5.41 Å². The van der Waals surface area contributed by atoms with Gasteiger partial charge in [0, 0.05) is 17.8 Å². The first kappa shape index (κ1) is 12.0. The second-order valence-electron chi connectivity index (χ2n) is 5.01. The van der Waals surface area contributed by atoms with Crippen molar-refractivity contribution in [2.75, 3.05) is 11.5 Å². The lowest BCUT2D eigenvalue weighted by Gasteiger charge is -2.14. The average molecular weight is 219 g/mol. The van der Waals surface area contributed by atoms with Gasteiger partial charge in [0.25, 0.3) is 0 Å². The molecule has 0 aromatic carbocycles. The van der Waals surface area contributed by atoms with E-state index in [9.17, 15) is 8.42 Å². The molecule has 2 atom stereocenters. The van der Waals surface area contributed by atoms with Crippen molar-refractivity contribution in [1.29, 1.82) is 0 Å². The van der Waals surface area contributed by atoms with E-state index in [0.29, 0.717) is 11.5 Å². The van der Waals surface area contributed by atoms with Crippen LogP contribution in [0.4, 0.5) is 0 Å². The molecular weight excluding hydrogens is 198 g/mol. The lowest BCUT2D eigenvalue weighted by molar-refractivity contribution is 0.496. The Kier molecular flexibility index (Phi) is 3.26. The van der Waals surface area contributed by atoms with Crippen LogP contribution in [0.3, 0.4) is 0 Å². The van der Waals surface area contributed by atoms with Crippen LogP contribution in [-0.4, -0.2) is 32.0 Å². The summed E-state index contributed by atoms with van der Waals surface area (Å²) in [7, 11) is -2.84. The van der Waals surface area contributed by atoms with Crippen molar-refractivity contribution in [1.82, 2.24) is 5.32 Å². The molecule has 1 rings (SSSR count). The first-order chi connectivity index (χ1) is 6.27. The molecule has 0 bridgehead atoms. The van der Waals surface area contributed by atoms with Gasteiger partial charge in [-0.25, -0.2) is 8.42 Å². The molecule has 0 heterocycles. The third-order valence-corrected chi connectivity index (χ3v) is 4.83. The fraction of sp³-hybridized carbons (Fsp3) is 1.00. The molecule has 0 radical (unpaired) electrons. The molecule has 0 aliphatic heterocycles. The van der Waals surface area contributed by atoms with Crippen LogP contribution >= 0.6 is 0 Å². The molecular formula is C10H21NO2S. The molecule has 0 amide bonds. The maximum Gasteiger partial charge on any atom is 0.151 e. The Labute approximate surface area is 87.2 Å². The summed E-state index contributed by atoms with van der Waals surface area (Å²) in [6, 6.07) is 0.580. The van der Waals surface area contributed by atoms with E-state index < -0.39 is 9.84 Å². The van der Waals surface area contributed by atoms with Gasteiger partial charge in [-0.3, -0.25) is 0 Å². The van der Waals surface area contributed by atoms with Gasteiger partial charge in [0.2, 0.25) is 0 Å². The second kappa shape index (κ2) is 3.81. The zero-order valence-corrected chi connectivity index (χ0v) is 10.3. The number of nitrogens with one attached hydrogen (secondary N) is 1. The van der Waals surface area contributed by atoms with Gasteiger partial charge >= 0.3 is 0 Å². The first-order valence-electron chi connectivity index (χ1n) is 5.23. The van der Waals surface area contributed by atoms with Crippen LogP contribution in [0.15, 0.2) is 0 Å². The Balaban J connectivity index is 2.34. The number of hydrogen-bond donors (Lipinski definition) is 1. The van der Waals surface area contributed by atoms with Gasteiger partial charge in [-0.2, -0.15) is 0 Å². The van der Waals surface area contributed by atoms with E-state index in [0.717, 1.165) is 6.42 Å². The molecule has 1 aliphatic carbocycles. The minimum atomic E-state index is -2.84. The molecule has 14 heavy (non-hydrogen) atoms. The highest BCUT2D eigenvalue weighted by atomic mass is 32.2. The van der Waals surface area contributed by atoms with Gasteiger partial charge in [-0.1, -0.05) is 20.8 Å². The van der Waals surface area contributed by atoms with E-state index in [4.69, 9.17) is 0 Å². The Morgan fingerprint density at radius 1 is 1.50 bits per heavy atom. The molecule has 1 N–H and O–H groups in total. The smallest absolute Gasteiger partial charge is 0.151 e. The highest BCUT2D eigenvalue weighted by Crippen LogP contribution is 2.44. The maximum atomic E-state index is 11.3. The molecule has 0 aromatic rings. The van der Waals surface area contributed by atoms with Crippen LogP contribution in [0.5, 0.6) is 0 Å². The zero-order valence-electron chi connectivity index (χ0n) is 9.50. The largest absolute Gasteiger partial charge is 0.310 e. The maximum absolute atomic E-state index is 11.3. The van der Waals surface area contributed by atoms with Crippen molar-refractivity contribution >= 4 is 9.84 Å². The number of sulfone groups is 1. The molecule has 3 nitrogen and oxygen atoms in total. The minimum Gasteiger partial charge on any atom is -0.310 e. The van der Waals surface area contributed by atoms with Crippen molar-refractivity contribution in [3.63, 3.8) is 0 Å². The molecule has 1 fully saturated rings. The summed E-state index contributed by atoms with van der Waals surface area (Å²) in [6.45, 7) is 8.04. The molecule has 1 saturated carbocycles. The molecule has 0 saturated heterocycles. The highest BCUT2D eigenvalue weighted by molar-refractivity contribution is 7.91. The van der Waals surface area contributed by atoms with Gasteiger partial charge in [0.1, 0.15) is 0 Å². The topological polar surface area (TPSA) is 46.2 Å². The monoisotopic (exact) mass is 219 g/mol. The first-order valence-corrected chi connectivity index (χ1v) is 7.05. The predicted octanol–water partition coefficient (Wildman–Crippen LogP) is 1.20. The standard InChI is InChI=1S/C10H21NO2S/c1-5-14(12,13)7-8(2)11-9-6-10(9,3)4/h8-9,11H,5-7H2,1-4H3. The lowest BCUT2D eigenvalue weighted by Crippen LogP contribution is -2.36. The fourth-order valence-electron chi connectivity index (χ4n) is 1.64. The van der Waals surface area contributed by atoms with Crippen LogP contribution in [-0.2, 0) is 9.84 Å². The summed E-state index contributed by atoms with van der Waals surface area (Å²) in [4.78, 5) is 0. The van der Waals surface area contributed by atoms with Crippen LogP contribution in [0.2, 0.25) is 0 Å². The highest BCUT2D eigenvalue weighted by Gasteiger charge is 2.45. The van der Waals surface area contributed by atoms with Crippen LogP contribution in [0.1, 0.15) is 34.1 Å². The van der Waals surface area contributed by atoms with E-state index in [2.05, 4.69) is 19.2 Å². The predicted molar refractivity (Wildman–Crippen MR) is 59.1 cm³/mol. The Morgan fingerprint density at radius 3 is 2.36 bits per heavy atom. The molecule has 1 aliphatic rings. The minimum absolute atomic E-state index is 0.0757. The van der Waals surface area contributed by atoms with E-state index in [1.165, 1.54) is 0 Å². The summed E-state index contributed by atoms with van der Waals surface area (Å²) < 4.78 is 22.7. The average Bonchev–Trinajstić information content (AvgIpc) is 2.57. The van der Waals surface area contributed by atoms with Crippen molar-refractivity contribution in [2.45, 2.75) is 46.2 Å². The fourth-order valence-corrected chi connectivity index (χ4v) is 2.74. The molecule has 2 unspecified atom stereocenters. The van der Waals surface area contributed by atoms with Gasteiger partial charge in [-0.15, -0.1) is 0 Å². The lowest BCUT2D eigenvalue weighted by atomic mass is 10.2. The summed E-state index contributed by atoms with van der Waals surface area (Å²) in [5.74, 6) is 0.503. The van der Waals surface area contributed by atoms with E-state index in [1.807, 2.05) is 6.92 Å². The van der Waals surface area contributed by atoms with Gasteiger partial charge in [-0.05, 0) is 18.8 Å². The van der Waals surface area contributed by atoms with E-state index in [1.54, 1.807) is 6.92 Å². The molecule has 4 heteroatoms. The summed E-state index contributed by atoms with van der Waals surface area (Å²) in [6.07, 6.45) is 1.16. The van der Waals surface area contributed by atoms with Crippen molar-refractivity contribution in [3.05, 3.63) is 0 Å². The summed E-state index contributed by atoms with van der Waals surface area (Å²) in [5, 5.41) is 3.36. The number of rotatable bonds is 5. The van der Waals surface area contributed by atoms with Crippen molar-refractivity contribution in [2.24, 2.45) is 5.41 Å². The van der Waals surface area contributed by atoms with Gasteiger partial charge in [0.15, 0.2) is 9.84 Å². The SMILES string of the molecule is CCS(=O)(=O)CC(C)NC1CC1(C)C. The molecule has 84 valence electrons. The summed E-state index contributed by atoms with van der Waals surface area (Å²) in [5.41, 5.74) is 0.365. The van der Waals surface area contributed by atoms with Gasteiger partial charge < -0.3 is 5.32 Å². The Bertz CT molecular complexity index is 295. The van der Waals surface area contributed by atoms with E-state index in [-0.39, 0.29) is 17.5 Å². The molecule has 0 spiro atoms. The third-order valence-electron chi connectivity index (χ3n) is 2.94. The quantitative estimate of drug-likeness (QED) is 0.755. The summed E-state index contributed by atoms with van der Waals surface area (Å²) >= 11 is 0. The molecule has 0 aromatic heterocycles. The van der Waals surface area contributed by atoms with Crippen LogP contribution < -0.4 is 5.32 Å².